The fourth-order valence-electron chi connectivity index (χ4n) is 1.49. The van der Waals surface area contributed by atoms with Crippen LogP contribution in [0.25, 0.3) is 0 Å². The fourth-order valence-corrected chi connectivity index (χ4v) is 2.15. The Labute approximate surface area is 99.1 Å². The molecule has 1 heterocycles. The minimum Gasteiger partial charge on any atom is -0.488 e. The Hall–Kier alpha value is -1.32. The van der Waals surface area contributed by atoms with E-state index in [1.807, 2.05) is 35.7 Å². The first-order valence-corrected chi connectivity index (χ1v) is 6.12. The highest BCUT2D eigenvalue weighted by Gasteiger charge is 2.07. The molecule has 16 heavy (non-hydrogen) atoms. The quantitative estimate of drug-likeness (QED) is 0.878. The van der Waals surface area contributed by atoms with Gasteiger partial charge in [0.05, 0.1) is 6.10 Å². The predicted molar refractivity (Wildman–Crippen MR) is 65.7 cm³/mol. The zero-order chi connectivity index (χ0) is 11.4. The zero-order valence-corrected chi connectivity index (χ0v) is 9.91. The summed E-state index contributed by atoms with van der Waals surface area (Å²) in [6.45, 7) is 2.29. The topological polar surface area (TPSA) is 29.5 Å². The van der Waals surface area contributed by atoms with E-state index in [0.29, 0.717) is 6.61 Å². The van der Waals surface area contributed by atoms with Crippen molar-refractivity contribution in [2.75, 3.05) is 0 Å². The lowest BCUT2D eigenvalue weighted by molar-refractivity contribution is 0.190. The van der Waals surface area contributed by atoms with Crippen LogP contribution in [0.4, 0.5) is 0 Å². The molecule has 3 heteroatoms. The summed E-state index contributed by atoms with van der Waals surface area (Å²) in [5.74, 6) is 0.753. The van der Waals surface area contributed by atoms with Crippen LogP contribution in [-0.2, 0) is 6.61 Å². The van der Waals surface area contributed by atoms with Gasteiger partial charge in [0.15, 0.2) is 0 Å². The van der Waals surface area contributed by atoms with Gasteiger partial charge in [-0.3, -0.25) is 0 Å². The summed E-state index contributed by atoms with van der Waals surface area (Å²) in [5, 5.41) is 13.7. The van der Waals surface area contributed by atoms with Gasteiger partial charge in [-0.2, -0.15) is 11.3 Å². The van der Waals surface area contributed by atoms with Crippen LogP contribution in [0, 0.1) is 0 Å². The van der Waals surface area contributed by atoms with E-state index in [1.165, 1.54) is 0 Å². The Kier molecular flexibility index (Phi) is 3.59. The Morgan fingerprint density at radius 2 is 2.12 bits per heavy atom. The highest BCUT2D eigenvalue weighted by atomic mass is 32.1. The van der Waals surface area contributed by atoms with Crippen LogP contribution in [0.5, 0.6) is 5.75 Å². The number of thiophene rings is 1. The first-order valence-electron chi connectivity index (χ1n) is 5.18. The number of hydrogen-bond donors (Lipinski definition) is 1. The fraction of sp³-hybridized carbons (Fsp3) is 0.231. The maximum absolute atomic E-state index is 9.58. The van der Waals surface area contributed by atoms with Crippen molar-refractivity contribution in [1.29, 1.82) is 0 Å². The van der Waals surface area contributed by atoms with Crippen LogP contribution < -0.4 is 4.74 Å². The minimum atomic E-state index is -0.501. The molecule has 0 aliphatic rings. The van der Waals surface area contributed by atoms with Crippen LogP contribution in [0.15, 0.2) is 41.1 Å². The molecule has 0 saturated carbocycles. The van der Waals surface area contributed by atoms with Gasteiger partial charge in [-0.05, 0) is 35.4 Å². The third kappa shape index (κ3) is 2.62. The second-order valence-corrected chi connectivity index (χ2v) is 4.41. The van der Waals surface area contributed by atoms with Gasteiger partial charge in [-0.25, -0.2) is 0 Å². The summed E-state index contributed by atoms with van der Waals surface area (Å²) in [5.41, 5.74) is 1.99. The van der Waals surface area contributed by atoms with Crippen molar-refractivity contribution in [1.82, 2.24) is 0 Å². The molecular formula is C13H14O2S. The van der Waals surface area contributed by atoms with Crippen molar-refractivity contribution in [3.05, 3.63) is 52.2 Å². The molecule has 1 aromatic heterocycles. The van der Waals surface area contributed by atoms with Gasteiger partial charge >= 0.3 is 0 Å². The molecule has 0 unspecified atom stereocenters. The first kappa shape index (κ1) is 11.2. The SMILES string of the molecule is C[C@H](O)c1ccccc1OCc1ccsc1. The number of ether oxygens (including phenoxy) is 1. The summed E-state index contributed by atoms with van der Waals surface area (Å²) in [6.07, 6.45) is -0.501. The van der Waals surface area contributed by atoms with Gasteiger partial charge in [0.25, 0.3) is 0 Å². The summed E-state index contributed by atoms with van der Waals surface area (Å²) in [4.78, 5) is 0. The monoisotopic (exact) mass is 234 g/mol. The number of rotatable bonds is 4. The van der Waals surface area contributed by atoms with E-state index in [1.54, 1.807) is 18.3 Å². The summed E-state index contributed by atoms with van der Waals surface area (Å²) >= 11 is 1.66. The number of aliphatic hydroxyl groups excluding tert-OH is 1. The van der Waals surface area contributed by atoms with Crippen molar-refractivity contribution in [3.8, 4) is 5.75 Å². The van der Waals surface area contributed by atoms with E-state index < -0.39 is 6.10 Å². The molecule has 0 amide bonds. The Morgan fingerprint density at radius 3 is 2.81 bits per heavy atom. The molecule has 84 valence electrons. The van der Waals surface area contributed by atoms with Crippen molar-refractivity contribution < 1.29 is 9.84 Å². The molecule has 0 saturated heterocycles. The van der Waals surface area contributed by atoms with Crippen LogP contribution in [0.2, 0.25) is 0 Å². The van der Waals surface area contributed by atoms with E-state index in [0.717, 1.165) is 16.9 Å². The highest BCUT2D eigenvalue weighted by molar-refractivity contribution is 7.07. The van der Waals surface area contributed by atoms with Crippen LogP contribution in [0.1, 0.15) is 24.2 Å². The number of para-hydroxylation sites is 1. The summed E-state index contributed by atoms with van der Waals surface area (Å²) in [7, 11) is 0. The number of hydrogen-bond acceptors (Lipinski definition) is 3. The molecule has 1 atom stereocenters. The van der Waals surface area contributed by atoms with E-state index in [9.17, 15) is 5.11 Å². The van der Waals surface area contributed by atoms with Crippen molar-refractivity contribution >= 4 is 11.3 Å². The molecule has 2 rings (SSSR count). The Morgan fingerprint density at radius 1 is 1.31 bits per heavy atom. The third-order valence-electron chi connectivity index (χ3n) is 2.34. The largest absolute Gasteiger partial charge is 0.488 e. The predicted octanol–water partition coefficient (Wildman–Crippen LogP) is 3.38. The molecule has 2 nitrogen and oxygen atoms in total. The summed E-state index contributed by atoms with van der Waals surface area (Å²) in [6, 6.07) is 9.62. The van der Waals surface area contributed by atoms with E-state index >= 15 is 0 Å². The molecule has 1 N–H and O–H groups in total. The van der Waals surface area contributed by atoms with Gasteiger partial charge in [0.2, 0.25) is 0 Å². The lowest BCUT2D eigenvalue weighted by atomic mass is 10.1. The maximum Gasteiger partial charge on any atom is 0.125 e. The second-order valence-electron chi connectivity index (χ2n) is 3.63. The van der Waals surface area contributed by atoms with Crippen LogP contribution >= 0.6 is 11.3 Å². The van der Waals surface area contributed by atoms with Gasteiger partial charge in [-0.15, -0.1) is 0 Å². The van der Waals surface area contributed by atoms with Crippen LogP contribution in [0.3, 0.4) is 0 Å². The average Bonchev–Trinajstić information content (AvgIpc) is 2.79. The van der Waals surface area contributed by atoms with Crippen molar-refractivity contribution in [2.45, 2.75) is 19.6 Å². The Bertz CT molecular complexity index is 435. The maximum atomic E-state index is 9.58. The average molecular weight is 234 g/mol. The summed E-state index contributed by atoms with van der Waals surface area (Å²) < 4.78 is 5.69. The molecule has 1 aromatic carbocycles. The highest BCUT2D eigenvalue weighted by Crippen LogP contribution is 2.25. The molecular weight excluding hydrogens is 220 g/mol. The van der Waals surface area contributed by atoms with E-state index in [4.69, 9.17) is 4.74 Å². The van der Waals surface area contributed by atoms with Gasteiger partial charge in [0.1, 0.15) is 12.4 Å². The number of aliphatic hydroxyl groups is 1. The van der Waals surface area contributed by atoms with Crippen molar-refractivity contribution in [3.63, 3.8) is 0 Å². The molecule has 0 aliphatic carbocycles. The first-order chi connectivity index (χ1) is 7.77. The molecule has 2 aromatic rings. The number of benzene rings is 1. The Balaban J connectivity index is 2.09. The second kappa shape index (κ2) is 5.14. The lowest BCUT2D eigenvalue weighted by Crippen LogP contribution is -1.99. The van der Waals surface area contributed by atoms with Gasteiger partial charge in [-0.1, -0.05) is 18.2 Å². The van der Waals surface area contributed by atoms with Crippen molar-refractivity contribution in [2.24, 2.45) is 0 Å². The minimum absolute atomic E-state index is 0.501. The molecule has 0 fully saturated rings. The van der Waals surface area contributed by atoms with E-state index in [2.05, 4.69) is 5.38 Å². The van der Waals surface area contributed by atoms with E-state index in [-0.39, 0.29) is 0 Å². The van der Waals surface area contributed by atoms with Crippen LogP contribution in [-0.4, -0.2) is 5.11 Å². The third-order valence-corrected chi connectivity index (χ3v) is 3.08. The smallest absolute Gasteiger partial charge is 0.125 e. The molecule has 0 aliphatic heterocycles. The lowest BCUT2D eigenvalue weighted by Gasteiger charge is -2.12. The van der Waals surface area contributed by atoms with Gasteiger partial charge < -0.3 is 9.84 Å². The molecule has 0 spiro atoms. The zero-order valence-electron chi connectivity index (χ0n) is 9.09. The standard InChI is InChI=1S/C13H14O2S/c1-10(14)12-4-2-3-5-13(12)15-8-11-6-7-16-9-11/h2-7,9-10,14H,8H2,1H3/t10-/m0/s1. The molecule has 0 bridgehead atoms. The normalized spacial score (nSPS) is 12.4. The van der Waals surface area contributed by atoms with Gasteiger partial charge in [0, 0.05) is 5.56 Å². The molecule has 0 radical (unpaired) electrons.